The number of fused-ring (bicyclic) bond motifs is 11. The van der Waals surface area contributed by atoms with E-state index in [1.54, 1.807) is 0 Å². The molecular formula is C81H73BN2. The van der Waals surface area contributed by atoms with Crippen LogP contribution in [0, 0.1) is 0 Å². The van der Waals surface area contributed by atoms with Gasteiger partial charge in [0.05, 0.1) is 16.6 Å². The molecule has 0 radical (unpaired) electrons. The van der Waals surface area contributed by atoms with Crippen LogP contribution >= 0.6 is 0 Å². The molecule has 5 heterocycles. The van der Waals surface area contributed by atoms with Crippen molar-refractivity contribution in [1.82, 2.24) is 9.13 Å². The van der Waals surface area contributed by atoms with E-state index in [1.807, 2.05) is 0 Å². The minimum Gasteiger partial charge on any atom is -0.310 e. The van der Waals surface area contributed by atoms with Gasteiger partial charge in [0.1, 0.15) is 0 Å². The van der Waals surface area contributed by atoms with Crippen molar-refractivity contribution < 1.29 is 0 Å². The van der Waals surface area contributed by atoms with Crippen LogP contribution in [0.3, 0.4) is 0 Å². The molecule has 0 saturated carbocycles. The number of benzene rings is 10. The van der Waals surface area contributed by atoms with Crippen molar-refractivity contribution in [2.75, 3.05) is 0 Å². The number of rotatable bonds is 6. The fraction of sp³-hybridized carbons (Fsp3) is 0.235. The van der Waals surface area contributed by atoms with E-state index in [0.29, 0.717) is 0 Å². The summed E-state index contributed by atoms with van der Waals surface area (Å²) in [5.41, 5.74) is 31.7. The van der Waals surface area contributed by atoms with E-state index in [-0.39, 0.29) is 33.8 Å². The van der Waals surface area contributed by atoms with Crippen LogP contribution < -0.4 is 16.4 Å². The maximum Gasteiger partial charge on any atom is 0.252 e. The molecule has 10 aromatic carbocycles. The molecule has 1 spiro atoms. The van der Waals surface area contributed by atoms with Crippen molar-refractivity contribution in [3.05, 3.63) is 267 Å². The zero-order valence-electron chi connectivity index (χ0n) is 51.1. The molecule has 2 aromatic heterocycles. The number of aromatic nitrogens is 2. The van der Waals surface area contributed by atoms with Crippen molar-refractivity contribution in [3.8, 4) is 44.9 Å². The molecule has 0 saturated heterocycles. The first-order valence-corrected chi connectivity index (χ1v) is 30.7. The molecule has 2 nitrogen and oxygen atoms in total. The van der Waals surface area contributed by atoms with Crippen molar-refractivity contribution in [1.29, 1.82) is 0 Å². The lowest BCUT2D eigenvalue weighted by atomic mass is 9.33. The topological polar surface area (TPSA) is 9.86 Å². The molecule has 4 aliphatic rings. The first-order valence-electron chi connectivity index (χ1n) is 30.7. The Morgan fingerprint density at radius 1 is 0.333 bits per heavy atom. The molecule has 410 valence electrons. The van der Waals surface area contributed by atoms with Gasteiger partial charge < -0.3 is 9.13 Å². The van der Waals surface area contributed by atoms with E-state index >= 15 is 0 Å². The third kappa shape index (κ3) is 6.70. The van der Waals surface area contributed by atoms with Crippen molar-refractivity contribution in [3.63, 3.8) is 0 Å². The fourth-order valence-corrected chi connectivity index (χ4v) is 16.0. The van der Waals surface area contributed by atoms with Crippen LogP contribution in [0.2, 0.25) is 0 Å². The molecule has 0 atom stereocenters. The van der Waals surface area contributed by atoms with Crippen LogP contribution in [-0.4, -0.2) is 15.8 Å². The van der Waals surface area contributed by atoms with Gasteiger partial charge in [-0.15, -0.1) is 0 Å². The average Bonchev–Trinajstić information content (AvgIpc) is 1.41. The molecule has 0 bridgehead atoms. The molecule has 84 heavy (non-hydrogen) atoms. The van der Waals surface area contributed by atoms with Gasteiger partial charge in [0.2, 0.25) is 0 Å². The van der Waals surface area contributed by atoms with E-state index in [1.165, 1.54) is 155 Å². The summed E-state index contributed by atoms with van der Waals surface area (Å²) in [6.07, 6.45) is 0. The fourth-order valence-electron chi connectivity index (χ4n) is 16.0. The minimum atomic E-state index is -0.637. The maximum atomic E-state index is 2.80. The lowest BCUT2D eigenvalue weighted by Crippen LogP contribution is -2.61. The molecule has 0 amide bonds. The summed E-state index contributed by atoms with van der Waals surface area (Å²) in [5.74, 6) is 0. The zero-order chi connectivity index (χ0) is 57.9. The Bertz CT molecular complexity index is 4740. The maximum absolute atomic E-state index is 2.80. The van der Waals surface area contributed by atoms with E-state index in [0.717, 1.165) is 0 Å². The summed E-state index contributed by atoms with van der Waals surface area (Å²) >= 11 is 0. The average molecular weight is 1090 g/mol. The van der Waals surface area contributed by atoms with Crippen molar-refractivity contribution >= 4 is 55.8 Å². The Kier molecular flexibility index (Phi) is 10.3. The highest BCUT2D eigenvalue weighted by atomic mass is 15.1. The second-order valence-electron chi connectivity index (χ2n) is 29.3. The van der Waals surface area contributed by atoms with Crippen LogP contribution in [0.4, 0.5) is 0 Å². The highest BCUT2D eigenvalue weighted by molar-refractivity contribution is 7.00. The lowest BCUT2D eigenvalue weighted by Gasteiger charge is -2.44. The monoisotopic (exact) mass is 1080 g/mol. The molecule has 16 rings (SSSR count). The van der Waals surface area contributed by atoms with E-state index in [4.69, 9.17) is 0 Å². The van der Waals surface area contributed by atoms with Gasteiger partial charge >= 0.3 is 0 Å². The molecule has 0 unspecified atom stereocenters. The second kappa shape index (κ2) is 16.9. The number of hydrogen-bond donors (Lipinski definition) is 0. The third-order valence-electron chi connectivity index (χ3n) is 20.8. The zero-order valence-corrected chi connectivity index (χ0v) is 51.1. The van der Waals surface area contributed by atoms with Crippen LogP contribution in [0.5, 0.6) is 0 Å². The molecule has 12 aromatic rings. The van der Waals surface area contributed by atoms with Crippen LogP contribution in [-0.2, 0) is 32.5 Å². The predicted octanol–water partition coefficient (Wildman–Crippen LogP) is 18.4. The Morgan fingerprint density at radius 3 is 1.32 bits per heavy atom. The smallest absolute Gasteiger partial charge is 0.252 e. The SMILES string of the molecule is CC(C)(C)c1ccc(-c2c(-c3ccc(C(C)(C)C)cc3)n3c4c(cc(C(C)(C)C)cc24)B2c4c-3ccc3c4-n4c5c2cc(C(C)(C)c2ccccc2)cc5c2cc(C(C)(C)c5ccccc5)cc(c24)C32c3ccccc3-c3ccccc32)cc1. The molecule has 3 aliphatic heterocycles. The van der Waals surface area contributed by atoms with Gasteiger partial charge in [-0.05, 0) is 140 Å². The van der Waals surface area contributed by atoms with Gasteiger partial charge in [-0.3, -0.25) is 0 Å². The summed E-state index contributed by atoms with van der Waals surface area (Å²) < 4.78 is 5.55. The Hall–Kier alpha value is -8.40. The Morgan fingerprint density at radius 2 is 0.786 bits per heavy atom. The first kappa shape index (κ1) is 51.3. The largest absolute Gasteiger partial charge is 0.310 e. The van der Waals surface area contributed by atoms with Crippen LogP contribution in [0.25, 0.3) is 77.6 Å². The molecule has 0 N–H and O–H groups in total. The minimum absolute atomic E-state index is 0.00347. The van der Waals surface area contributed by atoms with Crippen molar-refractivity contribution in [2.24, 2.45) is 0 Å². The molecule has 0 fully saturated rings. The quantitative estimate of drug-likeness (QED) is 0.147. The van der Waals surface area contributed by atoms with Crippen molar-refractivity contribution in [2.45, 2.75) is 122 Å². The first-order chi connectivity index (χ1) is 40.1. The summed E-state index contributed by atoms with van der Waals surface area (Å²) in [7, 11) is 0. The lowest BCUT2D eigenvalue weighted by molar-refractivity contribution is 0.590. The third-order valence-corrected chi connectivity index (χ3v) is 20.8. The standard InChI is InChI=1S/C81H73BN2/c1-76(2,3)50-36-32-48(33-37-50)69-61-42-54(78(7,8)9)46-66-74(61)83(71(69)49-34-38-51(39-35-49)77(4,5)6)68-41-40-64-75-70(68)82(66)67-47-56(80(12,13)53-26-18-15-19-27-53)44-60-59-43-55(79(10,11)52-24-16-14-17-25-52)45-65(72(59)84(75)73(60)67)81(64)62-30-22-20-28-57(62)58-29-21-23-31-63(58)81/h14-47H,1-13H3. The summed E-state index contributed by atoms with van der Waals surface area (Å²) in [6.45, 7) is 30.9. The number of hydrogen-bond acceptors (Lipinski definition) is 0. The highest BCUT2D eigenvalue weighted by Gasteiger charge is 2.55. The second-order valence-corrected chi connectivity index (χ2v) is 29.3. The molecule has 3 heteroatoms. The van der Waals surface area contributed by atoms with Gasteiger partial charge in [-0.2, -0.15) is 0 Å². The number of nitrogens with zero attached hydrogens (tertiary/aromatic N) is 2. The Labute approximate surface area is 497 Å². The van der Waals surface area contributed by atoms with E-state index < -0.39 is 5.41 Å². The van der Waals surface area contributed by atoms with Gasteiger partial charge in [0, 0.05) is 55.0 Å². The van der Waals surface area contributed by atoms with Gasteiger partial charge in [0.25, 0.3) is 6.71 Å². The highest BCUT2D eigenvalue weighted by Crippen LogP contribution is 2.63. The van der Waals surface area contributed by atoms with Gasteiger partial charge in [-0.25, -0.2) is 0 Å². The van der Waals surface area contributed by atoms with Gasteiger partial charge in [-0.1, -0.05) is 272 Å². The summed E-state index contributed by atoms with van der Waals surface area (Å²) in [4.78, 5) is 0. The molecular weight excluding hydrogens is 1010 g/mol. The van der Waals surface area contributed by atoms with Crippen LogP contribution in [0.15, 0.2) is 206 Å². The Balaban J connectivity index is 1.14. The van der Waals surface area contributed by atoms with E-state index in [9.17, 15) is 0 Å². The normalized spacial score (nSPS) is 14.6. The van der Waals surface area contributed by atoms with E-state index in [2.05, 4.69) is 305 Å². The van der Waals surface area contributed by atoms with Crippen LogP contribution in [0.1, 0.15) is 151 Å². The summed E-state index contributed by atoms with van der Waals surface area (Å²) in [5, 5.41) is 3.97. The predicted molar refractivity (Wildman–Crippen MR) is 357 cm³/mol. The molecule has 1 aliphatic carbocycles. The van der Waals surface area contributed by atoms with Gasteiger partial charge in [0.15, 0.2) is 0 Å². The summed E-state index contributed by atoms with van der Waals surface area (Å²) in [6, 6.07) is 81.4.